The van der Waals surface area contributed by atoms with E-state index in [4.69, 9.17) is 0 Å². The second-order valence-electron chi connectivity index (χ2n) is 5.25. The zero-order chi connectivity index (χ0) is 15.1. The van der Waals surface area contributed by atoms with Crippen LogP contribution >= 0.6 is 0 Å². The molecule has 0 aromatic rings. The van der Waals surface area contributed by atoms with Crippen molar-refractivity contribution in [1.29, 1.82) is 0 Å². The van der Waals surface area contributed by atoms with Crippen molar-refractivity contribution in [3.8, 4) is 0 Å². The van der Waals surface area contributed by atoms with Crippen LogP contribution in [0.2, 0.25) is 0 Å². The van der Waals surface area contributed by atoms with Crippen molar-refractivity contribution in [3.63, 3.8) is 0 Å². The molecule has 0 saturated carbocycles. The highest BCUT2D eigenvalue weighted by molar-refractivity contribution is 5.89. The molecule has 19 heavy (non-hydrogen) atoms. The summed E-state index contributed by atoms with van der Waals surface area (Å²) in [5.41, 5.74) is -0.462. The summed E-state index contributed by atoms with van der Waals surface area (Å²) in [6, 6.07) is -0.543. The summed E-state index contributed by atoms with van der Waals surface area (Å²) in [6.07, 6.45) is 4.04. The van der Waals surface area contributed by atoms with Crippen molar-refractivity contribution >= 4 is 11.8 Å². The summed E-state index contributed by atoms with van der Waals surface area (Å²) in [5.74, 6) is -0.229. The van der Waals surface area contributed by atoms with Crippen LogP contribution in [0.15, 0.2) is 25.3 Å². The maximum atomic E-state index is 12.2. The van der Waals surface area contributed by atoms with E-state index in [1.54, 1.807) is 24.0 Å². The highest BCUT2D eigenvalue weighted by atomic mass is 16.2. The molecule has 4 nitrogen and oxygen atoms in total. The Bertz CT molecular complexity index is 338. The van der Waals surface area contributed by atoms with E-state index in [0.717, 1.165) is 6.42 Å². The van der Waals surface area contributed by atoms with Crippen LogP contribution < -0.4 is 5.32 Å². The van der Waals surface area contributed by atoms with Gasteiger partial charge in [-0.3, -0.25) is 9.59 Å². The van der Waals surface area contributed by atoms with E-state index in [1.165, 1.54) is 0 Å². The Morgan fingerprint density at radius 3 is 2.11 bits per heavy atom. The van der Waals surface area contributed by atoms with E-state index >= 15 is 0 Å². The fraction of sp³-hybridized carbons (Fsp3) is 0.600. The second-order valence-corrected chi connectivity index (χ2v) is 5.25. The molecule has 0 radical (unpaired) electrons. The average Bonchev–Trinajstić information content (AvgIpc) is 2.37. The van der Waals surface area contributed by atoms with E-state index < -0.39 is 11.5 Å². The van der Waals surface area contributed by atoms with Gasteiger partial charge in [0.2, 0.25) is 11.8 Å². The highest BCUT2D eigenvalue weighted by Crippen LogP contribution is 2.19. The second kappa shape index (κ2) is 7.77. The lowest BCUT2D eigenvalue weighted by molar-refractivity contribution is -0.138. The topological polar surface area (TPSA) is 49.4 Å². The minimum absolute atomic E-state index is 0.104. The number of amides is 2. The molecule has 0 aromatic carbocycles. The molecule has 0 aliphatic heterocycles. The Balaban J connectivity index is 4.67. The lowest BCUT2D eigenvalue weighted by Gasteiger charge is -2.27. The van der Waals surface area contributed by atoms with Gasteiger partial charge in [-0.15, -0.1) is 13.2 Å². The van der Waals surface area contributed by atoms with Gasteiger partial charge in [-0.1, -0.05) is 32.9 Å². The van der Waals surface area contributed by atoms with Crippen LogP contribution in [0.1, 0.15) is 34.1 Å². The molecule has 0 aromatic heterocycles. The maximum Gasteiger partial charge on any atom is 0.245 e. The SMILES string of the molecule is C=CCN(CC=C)C(=O)C(C)NC(=O)C(C)(C)CC. The molecule has 0 saturated heterocycles. The van der Waals surface area contributed by atoms with Crippen LogP contribution in [0.25, 0.3) is 0 Å². The van der Waals surface area contributed by atoms with Gasteiger partial charge in [0, 0.05) is 18.5 Å². The molecule has 0 aliphatic carbocycles. The van der Waals surface area contributed by atoms with E-state index in [1.807, 2.05) is 20.8 Å². The maximum absolute atomic E-state index is 12.2. The van der Waals surface area contributed by atoms with Crippen LogP contribution in [0.3, 0.4) is 0 Å². The molecule has 1 unspecified atom stereocenters. The number of nitrogens with zero attached hydrogens (tertiary/aromatic N) is 1. The molecular formula is C15H26N2O2. The Labute approximate surface area is 116 Å². The Hall–Kier alpha value is -1.58. The number of rotatable bonds is 8. The van der Waals surface area contributed by atoms with Gasteiger partial charge in [0.25, 0.3) is 0 Å². The third-order valence-corrected chi connectivity index (χ3v) is 3.23. The Morgan fingerprint density at radius 1 is 1.26 bits per heavy atom. The van der Waals surface area contributed by atoms with Gasteiger partial charge in [0.1, 0.15) is 6.04 Å². The highest BCUT2D eigenvalue weighted by Gasteiger charge is 2.29. The van der Waals surface area contributed by atoms with Crippen LogP contribution in [0.5, 0.6) is 0 Å². The van der Waals surface area contributed by atoms with Gasteiger partial charge in [-0.05, 0) is 13.3 Å². The molecule has 108 valence electrons. The molecule has 0 bridgehead atoms. The predicted octanol–water partition coefficient (Wildman–Crippen LogP) is 2.13. The quantitative estimate of drug-likeness (QED) is 0.684. The van der Waals surface area contributed by atoms with Crippen LogP contribution in [-0.2, 0) is 9.59 Å². The summed E-state index contributed by atoms with van der Waals surface area (Å²) in [4.78, 5) is 25.8. The summed E-state index contributed by atoms with van der Waals surface area (Å²) >= 11 is 0. The summed E-state index contributed by atoms with van der Waals surface area (Å²) in [6.45, 7) is 15.5. The minimum Gasteiger partial charge on any atom is -0.344 e. The van der Waals surface area contributed by atoms with E-state index in [0.29, 0.717) is 13.1 Å². The minimum atomic E-state index is -0.543. The monoisotopic (exact) mass is 266 g/mol. The number of carbonyl (C=O) groups excluding carboxylic acids is 2. The van der Waals surface area contributed by atoms with Gasteiger partial charge in [-0.2, -0.15) is 0 Å². The summed E-state index contributed by atoms with van der Waals surface area (Å²) in [7, 11) is 0. The van der Waals surface area contributed by atoms with Crippen LogP contribution in [0, 0.1) is 5.41 Å². The van der Waals surface area contributed by atoms with E-state index in [9.17, 15) is 9.59 Å². The third kappa shape index (κ3) is 5.28. The van der Waals surface area contributed by atoms with Gasteiger partial charge >= 0.3 is 0 Å². The zero-order valence-electron chi connectivity index (χ0n) is 12.5. The summed E-state index contributed by atoms with van der Waals surface area (Å²) in [5, 5.41) is 2.77. The van der Waals surface area contributed by atoms with Crippen LogP contribution in [-0.4, -0.2) is 35.8 Å². The van der Waals surface area contributed by atoms with Crippen LogP contribution in [0.4, 0.5) is 0 Å². The van der Waals surface area contributed by atoms with Crippen molar-refractivity contribution in [3.05, 3.63) is 25.3 Å². The fourth-order valence-electron chi connectivity index (χ4n) is 1.45. The number of nitrogens with one attached hydrogen (secondary N) is 1. The number of hydrogen-bond acceptors (Lipinski definition) is 2. The fourth-order valence-corrected chi connectivity index (χ4v) is 1.45. The Kier molecular flexibility index (Phi) is 7.12. The molecule has 0 heterocycles. The zero-order valence-corrected chi connectivity index (χ0v) is 12.5. The molecule has 2 amide bonds. The average molecular weight is 266 g/mol. The number of carbonyl (C=O) groups is 2. The lowest BCUT2D eigenvalue weighted by atomic mass is 9.89. The summed E-state index contributed by atoms with van der Waals surface area (Å²) < 4.78 is 0. The first kappa shape index (κ1) is 17.4. The van der Waals surface area contributed by atoms with E-state index in [-0.39, 0.29) is 11.8 Å². The van der Waals surface area contributed by atoms with Crippen molar-refractivity contribution in [2.24, 2.45) is 5.41 Å². The third-order valence-electron chi connectivity index (χ3n) is 3.23. The van der Waals surface area contributed by atoms with Crippen molar-refractivity contribution in [1.82, 2.24) is 10.2 Å². The molecule has 0 spiro atoms. The first-order valence-corrected chi connectivity index (χ1v) is 6.61. The molecule has 0 rings (SSSR count). The first-order valence-electron chi connectivity index (χ1n) is 6.61. The molecule has 1 atom stereocenters. The molecule has 1 N–H and O–H groups in total. The smallest absolute Gasteiger partial charge is 0.245 e. The first-order chi connectivity index (χ1) is 8.80. The van der Waals surface area contributed by atoms with Gasteiger partial charge in [0.05, 0.1) is 0 Å². The lowest BCUT2D eigenvalue weighted by Crippen LogP contribution is -2.50. The van der Waals surface area contributed by atoms with Gasteiger partial charge in [0.15, 0.2) is 0 Å². The molecule has 4 heteroatoms. The standard InChI is InChI=1S/C15H26N2O2/c1-7-10-17(11-8-2)13(18)12(4)16-14(19)15(5,6)9-3/h7-8,12H,1-2,9-11H2,3-6H3,(H,16,19). The predicted molar refractivity (Wildman–Crippen MR) is 78.7 cm³/mol. The molecule has 0 aliphatic rings. The van der Waals surface area contributed by atoms with Gasteiger partial charge < -0.3 is 10.2 Å². The van der Waals surface area contributed by atoms with E-state index in [2.05, 4.69) is 18.5 Å². The van der Waals surface area contributed by atoms with Crippen molar-refractivity contribution < 1.29 is 9.59 Å². The van der Waals surface area contributed by atoms with Gasteiger partial charge in [-0.25, -0.2) is 0 Å². The molecule has 0 fully saturated rings. The molecular weight excluding hydrogens is 240 g/mol. The van der Waals surface area contributed by atoms with Crippen molar-refractivity contribution in [2.75, 3.05) is 13.1 Å². The largest absolute Gasteiger partial charge is 0.344 e. The van der Waals surface area contributed by atoms with Crippen molar-refractivity contribution in [2.45, 2.75) is 40.2 Å². The normalized spacial score (nSPS) is 12.4. The Morgan fingerprint density at radius 2 is 1.74 bits per heavy atom. The number of hydrogen-bond donors (Lipinski definition) is 1.